The third-order valence-corrected chi connectivity index (χ3v) is 5.76. The number of hydrogen-bond acceptors (Lipinski definition) is 8. The zero-order chi connectivity index (χ0) is 25.3. The average molecular weight is 510 g/mol. The number of rotatable bonds is 7. The summed E-state index contributed by atoms with van der Waals surface area (Å²) in [5, 5.41) is 12.8. The van der Waals surface area contributed by atoms with E-state index in [1.54, 1.807) is 4.90 Å². The number of piperazine rings is 1. The van der Waals surface area contributed by atoms with Gasteiger partial charge < -0.3 is 29.9 Å². The van der Waals surface area contributed by atoms with Crippen molar-refractivity contribution in [1.82, 2.24) is 15.0 Å². The number of benzene rings is 1. The Labute approximate surface area is 197 Å². The lowest BCUT2D eigenvalue weighted by Gasteiger charge is -2.38. The van der Waals surface area contributed by atoms with E-state index in [9.17, 15) is 22.4 Å². The zero-order valence-corrected chi connectivity index (χ0v) is 19.2. The summed E-state index contributed by atoms with van der Waals surface area (Å²) in [6, 6.07) is 1.58. The van der Waals surface area contributed by atoms with Gasteiger partial charge >= 0.3 is 6.18 Å². The standard InChI is InChI=1S/C20H24ClF4N5O4/c1-19(2,20(23,24)25)17(32)29-3-5-30(6-4-29)18-27-16(34-28-18)12-7-14(22)15(8-13(12)21)33-10-11(26)9-31/h7-8,11,31H,3-6,9-10,26H2,1-2H3/t11-/m0/s1. The summed E-state index contributed by atoms with van der Waals surface area (Å²) >= 11 is 6.21. The van der Waals surface area contributed by atoms with Crippen molar-refractivity contribution in [3.63, 3.8) is 0 Å². The molecule has 1 atom stereocenters. The molecule has 0 bridgehead atoms. The minimum Gasteiger partial charge on any atom is -0.489 e. The third-order valence-electron chi connectivity index (χ3n) is 5.45. The third kappa shape index (κ3) is 5.36. The first kappa shape index (κ1) is 26.0. The van der Waals surface area contributed by atoms with Gasteiger partial charge in [0.15, 0.2) is 11.6 Å². The second-order valence-corrected chi connectivity index (χ2v) is 8.72. The van der Waals surface area contributed by atoms with Crippen LogP contribution >= 0.6 is 11.6 Å². The van der Waals surface area contributed by atoms with Crippen molar-refractivity contribution < 1.29 is 36.7 Å². The number of nitrogens with two attached hydrogens (primary N) is 1. The van der Waals surface area contributed by atoms with Crippen molar-refractivity contribution in [2.75, 3.05) is 44.3 Å². The molecule has 1 aromatic heterocycles. The summed E-state index contributed by atoms with van der Waals surface area (Å²) < 4.78 is 64.4. The second kappa shape index (κ2) is 9.92. The quantitative estimate of drug-likeness (QED) is 0.547. The van der Waals surface area contributed by atoms with Crippen molar-refractivity contribution in [2.24, 2.45) is 11.1 Å². The fraction of sp³-hybridized carbons (Fsp3) is 0.550. The van der Waals surface area contributed by atoms with E-state index in [2.05, 4.69) is 10.1 Å². The Hall–Kier alpha value is -2.64. The number of amides is 1. The molecule has 1 aliphatic rings. The minimum absolute atomic E-state index is 0.0413. The number of carbonyl (C=O) groups is 1. The molecule has 0 spiro atoms. The first-order chi connectivity index (χ1) is 15.8. The van der Waals surface area contributed by atoms with E-state index >= 15 is 0 Å². The average Bonchev–Trinajstić information content (AvgIpc) is 3.27. The van der Waals surface area contributed by atoms with Crippen molar-refractivity contribution in [3.8, 4) is 17.2 Å². The van der Waals surface area contributed by atoms with Crippen LogP contribution in [0.5, 0.6) is 5.75 Å². The molecule has 34 heavy (non-hydrogen) atoms. The molecule has 2 aromatic rings. The summed E-state index contributed by atoms with van der Waals surface area (Å²) in [5.41, 5.74) is 3.15. The van der Waals surface area contributed by atoms with Crippen LogP contribution in [0.25, 0.3) is 11.5 Å². The first-order valence-electron chi connectivity index (χ1n) is 10.3. The van der Waals surface area contributed by atoms with Gasteiger partial charge in [-0.15, -0.1) is 0 Å². The summed E-state index contributed by atoms with van der Waals surface area (Å²) in [6.07, 6.45) is -4.66. The molecule has 0 radical (unpaired) electrons. The number of aliphatic hydroxyl groups excluding tert-OH is 1. The number of alkyl halides is 3. The predicted octanol–water partition coefficient (Wildman–Crippen LogP) is 2.46. The Balaban J connectivity index is 1.67. The normalized spacial score (nSPS) is 16.0. The van der Waals surface area contributed by atoms with E-state index < -0.39 is 29.4 Å². The smallest absolute Gasteiger partial charge is 0.402 e. The van der Waals surface area contributed by atoms with Gasteiger partial charge in [-0.1, -0.05) is 11.6 Å². The van der Waals surface area contributed by atoms with Crippen LogP contribution in [0.15, 0.2) is 16.7 Å². The maximum absolute atomic E-state index is 14.4. The molecule has 14 heteroatoms. The molecule has 9 nitrogen and oxygen atoms in total. The molecular weight excluding hydrogens is 486 g/mol. The Morgan fingerprint density at radius 1 is 1.29 bits per heavy atom. The summed E-state index contributed by atoms with van der Waals surface area (Å²) in [4.78, 5) is 19.3. The van der Waals surface area contributed by atoms with Crippen molar-refractivity contribution in [1.29, 1.82) is 0 Å². The molecule has 2 heterocycles. The van der Waals surface area contributed by atoms with Crippen LogP contribution in [-0.4, -0.2) is 77.7 Å². The number of hydrogen-bond donors (Lipinski definition) is 2. The number of nitrogens with zero attached hydrogens (tertiary/aromatic N) is 4. The molecule has 3 N–H and O–H groups in total. The Morgan fingerprint density at radius 2 is 1.94 bits per heavy atom. The highest BCUT2D eigenvalue weighted by atomic mass is 35.5. The number of carbonyl (C=O) groups excluding carboxylic acids is 1. The van der Waals surface area contributed by atoms with Gasteiger partial charge in [0, 0.05) is 32.2 Å². The summed E-state index contributed by atoms with van der Waals surface area (Å²) in [7, 11) is 0. The topological polar surface area (TPSA) is 118 Å². The van der Waals surface area contributed by atoms with Gasteiger partial charge in [0.25, 0.3) is 11.8 Å². The largest absolute Gasteiger partial charge is 0.489 e. The van der Waals surface area contributed by atoms with Gasteiger partial charge in [0.1, 0.15) is 12.0 Å². The van der Waals surface area contributed by atoms with Crippen LogP contribution in [0, 0.1) is 11.2 Å². The Kier molecular flexibility index (Phi) is 7.58. The van der Waals surface area contributed by atoms with E-state index in [-0.39, 0.29) is 67.6 Å². The lowest BCUT2D eigenvalue weighted by Crippen LogP contribution is -2.55. The number of aromatic nitrogens is 2. The summed E-state index contributed by atoms with van der Waals surface area (Å²) in [5.74, 6) is -1.88. The monoisotopic (exact) mass is 509 g/mol. The maximum Gasteiger partial charge on any atom is 0.402 e. The van der Waals surface area contributed by atoms with E-state index in [1.165, 1.54) is 6.07 Å². The Morgan fingerprint density at radius 3 is 2.53 bits per heavy atom. The van der Waals surface area contributed by atoms with Crippen molar-refractivity contribution >= 4 is 23.5 Å². The SMILES string of the molecule is CC(C)(C(=O)N1CCN(c2noc(-c3cc(F)c(OC[C@@H](N)CO)cc3Cl)n2)CC1)C(F)(F)F. The van der Waals surface area contributed by atoms with Gasteiger partial charge in [0.2, 0.25) is 5.91 Å². The highest BCUT2D eigenvalue weighted by Crippen LogP contribution is 2.39. The molecule has 1 saturated heterocycles. The highest BCUT2D eigenvalue weighted by Gasteiger charge is 2.54. The number of ether oxygens (including phenoxy) is 1. The zero-order valence-electron chi connectivity index (χ0n) is 18.4. The fourth-order valence-electron chi connectivity index (χ4n) is 3.13. The lowest BCUT2D eigenvalue weighted by atomic mass is 9.90. The van der Waals surface area contributed by atoms with Crippen LogP contribution in [0.3, 0.4) is 0 Å². The van der Waals surface area contributed by atoms with Crippen molar-refractivity contribution in [3.05, 3.63) is 23.0 Å². The first-order valence-corrected chi connectivity index (χ1v) is 10.7. The van der Waals surface area contributed by atoms with Gasteiger partial charge in [0.05, 0.1) is 23.2 Å². The van der Waals surface area contributed by atoms with Crippen LogP contribution in [0.2, 0.25) is 5.02 Å². The van der Waals surface area contributed by atoms with Gasteiger partial charge in [-0.05, 0) is 25.1 Å². The van der Waals surface area contributed by atoms with Crippen LogP contribution in [0.4, 0.5) is 23.5 Å². The van der Waals surface area contributed by atoms with Gasteiger partial charge in [-0.3, -0.25) is 4.79 Å². The fourth-order valence-corrected chi connectivity index (χ4v) is 3.37. The van der Waals surface area contributed by atoms with Gasteiger partial charge in [-0.25, -0.2) is 4.39 Å². The molecule has 0 saturated carbocycles. The number of halogens is 5. The molecule has 0 unspecified atom stereocenters. The van der Waals surface area contributed by atoms with Crippen LogP contribution < -0.4 is 15.4 Å². The van der Waals surface area contributed by atoms with E-state index in [0.717, 1.165) is 24.8 Å². The second-order valence-electron chi connectivity index (χ2n) is 8.32. The lowest BCUT2D eigenvalue weighted by molar-refractivity contribution is -0.217. The highest BCUT2D eigenvalue weighted by molar-refractivity contribution is 6.33. The minimum atomic E-state index is -4.66. The molecular formula is C20H24ClF4N5O4. The molecule has 0 aliphatic carbocycles. The van der Waals surface area contributed by atoms with E-state index in [4.69, 9.17) is 31.7 Å². The molecule has 1 amide bonds. The van der Waals surface area contributed by atoms with Crippen LogP contribution in [-0.2, 0) is 4.79 Å². The van der Waals surface area contributed by atoms with Crippen molar-refractivity contribution in [2.45, 2.75) is 26.1 Å². The molecule has 1 aliphatic heterocycles. The molecule has 188 valence electrons. The number of anilines is 1. The van der Waals surface area contributed by atoms with E-state index in [0.29, 0.717) is 0 Å². The Bertz CT molecular complexity index is 1020. The van der Waals surface area contributed by atoms with E-state index in [1.807, 2.05) is 0 Å². The molecule has 1 fully saturated rings. The van der Waals surface area contributed by atoms with Gasteiger partial charge in [-0.2, -0.15) is 18.2 Å². The number of aliphatic hydroxyl groups is 1. The predicted molar refractivity (Wildman–Crippen MR) is 114 cm³/mol. The molecule has 1 aromatic carbocycles. The molecule has 3 rings (SSSR count). The van der Waals surface area contributed by atoms with Crippen LogP contribution in [0.1, 0.15) is 13.8 Å². The maximum atomic E-state index is 14.4. The summed E-state index contributed by atoms with van der Waals surface area (Å²) in [6.45, 7) is 1.69.